The standard InChI is InChI=1S/C14H21N3O/c1-2-7-17(9-10-3-4-10)13-8-11(15)5-6-12(13)14(16)18/h5-6,8,10H,2-4,7,9,15H2,1H3,(H2,16,18). The van der Waals surface area contributed by atoms with E-state index in [1.807, 2.05) is 6.07 Å². The molecule has 4 heteroatoms. The van der Waals surface area contributed by atoms with E-state index in [-0.39, 0.29) is 5.91 Å². The molecule has 1 aliphatic carbocycles. The van der Waals surface area contributed by atoms with Crippen molar-refractivity contribution in [2.45, 2.75) is 26.2 Å². The Hall–Kier alpha value is -1.71. The normalized spacial score (nSPS) is 14.5. The van der Waals surface area contributed by atoms with Gasteiger partial charge in [0.25, 0.3) is 5.91 Å². The number of hydrogen-bond acceptors (Lipinski definition) is 3. The molecule has 1 aromatic rings. The topological polar surface area (TPSA) is 72.3 Å². The highest BCUT2D eigenvalue weighted by Gasteiger charge is 2.25. The minimum atomic E-state index is -0.387. The molecule has 0 unspecified atom stereocenters. The minimum absolute atomic E-state index is 0.387. The van der Waals surface area contributed by atoms with Crippen LogP contribution in [-0.4, -0.2) is 19.0 Å². The molecule has 1 amide bonds. The molecule has 0 radical (unpaired) electrons. The van der Waals surface area contributed by atoms with Crippen LogP contribution in [0, 0.1) is 5.92 Å². The first-order valence-corrected chi connectivity index (χ1v) is 6.56. The third-order valence-electron chi connectivity index (χ3n) is 3.30. The van der Waals surface area contributed by atoms with Gasteiger partial charge in [0.2, 0.25) is 0 Å². The summed E-state index contributed by atoms with van der Waals surface area (Å²) in [5, 5.41) is 0. The molecule has 0 saturated heterocycles. The van der Waals surface area contributed by atoms with Crippen LogP contribution in [0.5, 0.6) is 0 Å². The third-order valence-corrected chi connectivity index (χ3v) is 3.30. The Morgan fingerprint density at radius 3 is 2.72 bits per heavy atom. The zero-order valence-corrected chi connectivity index (χ0v) is 10.9. The van der Waals surface area contributed by atoms with Crippen molar-refractivity contribution in [1.29, 1.82) is 0 Å². The molecule has 1 aromatic carbocycles. The third kappa shape index (κ3) is 2.94. The number of benzene rings is 1. The van der Waals surface area contributed by atoms with Crippen molar-refractivity contribution in [3.63, 3.8) is 0 Å². The molecule has 98 valence electrons. The summed E-state index contributed by atoms with van der Waals surface area (Å²) in [4.78, 5) is 13.7. The molecule has 0 atom stereocenters. The second-order valence-electron chi connectivity index (χ2n) is 5.03. The Labute approximate surface area is 108 Å². The number of hydrogen-bond donors (Lipinski definition) is 2. The highest BCUT2D eigenvalue weighted by molar-refractivity contribution is 5.99. The first-order valence-electron chi connectivity index (χ1n) is 6.56. The number of amides is 1. The fourth-order valence-corrected chi connectivity index (χ4v) is 2.21. The van der Waals surface area contributed by atoms with Crippen LogP contribution in [0.25, 0.3) is 0 Å². The van der Waals surface area contributed by atoms with Gasteiger partial charge in [-0.25, -0.2) is 0 Å². The first kappa shape index (κ1) is 12.7. The van der Waals surface area contributed by atoms with Crippen LogP contribution >= 0.6 is 0 Å². The van der Waals surface area contributed by atoms with Gasteiger partial charge in [0.1, 0.15) is 0 Å². The predicted molar refractivity (Wildman–Crippen MR) is 74.6 cm³/mol. The Morgan fingerprint density at radius 2 is 2.17 bits per heavy atom. The van der Waals surface area contributed by atoms with E-state index in [2.05, 4.69) is 11.8 Å². The van der Waals surface area contributed by atoms with E-state index < -0.39 is 0 Å². The fourth-order valence-electron chi connectivity index (χ4n) is 2.21. The van der Waals surface area contributed by atoms with Gasteiger partial charge in [-0.1, -0.05) is 6.92 Å². The number of nitrogen functional groups attached to an aromatic ring is 1. The summed E-state index contributed by atoms with van der Waals surface area (Å²) in [7, 11) is 0. The molecule has 0 spiro atoms. The molecular formula is C14H21N3O. The molecule has 1 aliphatic rings. The summed E-state index contributed by atoms with van der Waals surface area (Å²) in [6, 6.07) is 5.31. The molecule has 1 saturated carbocycles. The number of carbonyl (C=O) groups excluding carboxylic acids is 1. The maximum atomic E-state index is 11.5. The van der Waals surface area contributed by atoms with Crippen molar-refractivity contribution >= 4 is 17.3 Å². The number of primary amides is 1. The van der Waals surface area contributed by atoms with E-state index in [9.17, 15) is 4.79 Å². The van der Waals surface area contributed by atoms with E-state index >= 15 is 0 Å². The lowest BCUT2D eigenvalue weighted by molar-refractivity contribution is 0.100. The van der Waals surface area contributed by atoms with Gasteiger partial charge in [-0.05, 0) is 43.4 Å². The van der Waals surface area contributed by atoms with Gasteiger partial charge in [-0.15, -0.1) is 0 Å². The van der Waals surface area contributed by atoms with E-state index in [4.69, 9.17) is 11.5 Å². The van der Waals surface area contributed by atoms with Crippen molar-refractivity contribution in [2.24, 2.45) is 11.7 Å². The van der Waals surface area contributed by atoms with Crippen molar-refractivity contribution in [2.75, 3.05) is 23.7 Å². The van der Waals surface area contributed by atoms with Gasteiger partial charge >= 0.3 is 0 Å². The number of rotatable bonds is 6. The fraction of sp³-hybridized carbons (Fsp3) is 0.500. The quantitative estimate of drug-likeness (QED) is 0.755. The van der Waals surface area contributed by atoms with E-state index in [0.717, 1.165) is 31.1 Å². The Kier molecular flexibility index (Phi) is 3.75. The average molecular weight is 247 g/mol. The largest absolute Gasteiger partial charge is 0.399 e. The maximum absolute atomic E-state index is 11.5. The molecular weight excluding hydrogens is 226 g/mol. The van der Waals surface area contributed by atoms with Crippen LogP contribution < -0.4 is 16.4 Å². The van der Waals surface area contributed by atoms with Crippen LogP contribution in [-0.2, 0) is 0 Å². The highest BCUT2D eigenvalue weighted by atomic mass is 16.1. The number of anilines is 2. The van der Waals surface area contributed by atoms with E-state index in [1.165, 1.54) is 12.8 Å². The zero-order valence-electron chi connectivity index (χ0n) is 10.9. The summed E-state index contributed by atoms with van der Waals surface area (Å²) in [5.41, 5.74) is 13.4. The monoisotopic (exact) mass is 247 g/mol. The maximum Gasteiger partial charge on any atom is 0.250 e. The van der Waals surface area contributed by atoms with E-state index in [1.54, 1.807) is 12.1 Å². The van der Waals surface area contributed by atoms with Gasteiger partial charge in [0.15, 0.2) is 0 Å². The molecule has 0 bridgehead atoms. The van der Waals surface area contributed by atoms with Gasteiger partial charge in [-0.3, -0.25) is 4.79 Å². The zero-order chi connectivity index (χ0) is 13.1. The SMILES string of the molecule is CCCN(CC1CC1)c1cc(N)ccc1C(N)=O. The van der Waals surface area contributed by atoms with Crippen molar-refractivity contribution < 1.29 is 4.79 Å². The van der Waals surface area contributed by atoms with E-state index in [0.29, 0.717) is 11.3 Å². The lowest BCUT2D eigenvalue weighted by Crippen LogP contribution is -2.29. The van der Waals surface area contributed by atoms with Crippen LogP contribution in [0.15, 0.2) is 18.2 Å². The van der Waals surface area contributed by atoms with Crippen LogP contribution in [0.3, 0.4) is 0 Å². The van der Waals surface area contributed by atoms with Crippen molar-refractivity contribution in [3.8, 4) is 0 Å². The summed E-state index contributed by atoms with van der Waals surface area (Å²) in [6.45, 7) is 4.06. The van der Waals surface area contributed by atoms with Crippen LogP contribution in [0.2, 0.25) is 0 Å². The molecule has 0 heterocycles. The van der Waals surface area contributed by atoms with Crippen molar-refractivity contribution in [3.05, 3.63) is 23.8 Å². The molecule has 18 heavy (non-hydrogen) atoms. The molecule has 4 N–H and O–H groups in total. The number of carbonyl (C=O) groups is 1. The van der Waals surface area contributed by atoms with Crippen molar-refractivity contribution in [1.82, 2.24) is 0 Å². The molecule has 2 rings (SSSR count). The Balaban J connectivity index is 2.30. The highest BCUT2D eigenvalue weighted by Crippen LogP contribution is 2.33. The lowest BCUT2D eigenvalue weighted by Gasteiger charge is -2.26. The van der Waals surface area contributed by atoms with Gasteiger partial charge in [-0.2, -0.15) is 0 Å². The summed E-state index contributed by atoms with van der Waals surface area (Å²) in [5.74, 6) is 0.376. The first-order chi connectivity index (χ1) is 8.61. The van der Waals surface area contributed by atoms with Gasteiger partial charge < -0.3 is 16.4 Å². The average Bonchev–Trinajstić information content (AvgIpc) is 3.12. The summed E-state index contributed by atoms with van der Waals surface area (Å²) < 4.78 is 0. The van der Waals surface area contributed by atoms with Crippen LogP contribution in [0.4, 0.5) is 11.4 Å². The molecule has 0 aliphatic heterocycles. The van der Waals surface area contributed by atoms with Crippen LogP contribution in [0.1, 0.15) is 36.5 Å². The lowest BCUT2D eigenvalue weighted by atomic mass is 10.1. The number of nitrogens with two attached hydrogens (primary N) is 2. The smallest absolute Gasteiger partial charge is 0.250 e. The minimum Gasteiger partial charge on any atom is -0.399 e. The van der Waals surface area contributed by atoms with Gasteiger partial charge in [0.05, 0.1) is 11.3 Å². The number of nitrogens with zero attached hydrogens (tertiary/aromatic N) is 1. The molecule has 1 fully saturated rings. The van der Waals surface area contributed by atoms with Gasteiger partial charge in [0, 0.05) is 18.8 Å². The predicted octanol–water partition coefficient (Wildman–Crippen LogP) is 1.99. The Morgan fingerprint density at radius 1 is 1.44 bits per heavy atom. The molecule has 0 aromatic heterocycles. The Bertz CT molecular complexity index is 441. The summed E-state index contributed by atoms with van der Waals surface area (Å²) >= 11 is 0. The second-order valence-corrected chi connectivity index (χ2v) is 5.03. The molecule has 4 nitrogen and oxygen atoms in total. The summed E-state index contributed by atoms with van der Waals surface area (Å²) in [6.07, 6.45) is 3.61. The second kappa shape index (κ2) is 5.29.